The van der Waals surface area contributed by atoms with Crippen molar-refractivity contribution in [2.75, 3.05) is 10.6 Å². The Morgan fingerprint density at radius 3 is 3.11 bits per heavy atom. The van der Waals surface area contributed by atoms with Gasteiger partial charge in [0.2, 0.25) is 5.91 Å². The van der Waals surface area contributed by atoms with Crippen LogP contribution in [0.1, 0.15) is 13.3 Å². The molecule has 92 valence electrons. The molecule has 0 aromatic heterocycles. The average Bonchev–Trinajstić information content (AvgIpc) is 2.31. The van der Waals surface area contributed by atoms with Crippen molar-refractivity contribution in [3.05, 3.63) is 18.2 Å². The van der Waals surface area contributed by atoms with Crippen LogP contribution in [0.5, 0.6) is 5.75 Å². The van der Waals surface area contributed by atoms with Crippen molar-refractivity contribution in [1.82, 2.24) is 0 Å². The molecule has 0 saturated carbocycles. The molecule has 1 aromatic carbocycles. The van der Waals surface area contributed by atoms with Crippen LogP contribution in [-0.2, 0) is 9.59 Å². The highest BCUT2D eigenvalue weighted by molar-refractivity contribution is 5.99. The van der Waals surface area contributed by atoms with Crippen molar-refractivity contribution in [3.63, 3.8) is 0 Å². The number of fused-ring (bicyclic) bond motifs is 1. The average molecular weight is 245 g/mol. The molecular weight excluding hydrogens is 234 g/mol. The summed E-state index contributed by atoms with van der Waals surface area (Å²) >= 11 is 0. The van der Waals surface area contributed by atoms with Crippen LogP contribution >= 0.6 is 0 Å². The van der Waals surface area contributed by atoms with Gasteiger partial charge in [-0.3, -0.25) is 9.59 Å². The van der Waals surface area contributed by atoms with Crippen LogP contribution in [0.3, 0.4) is 0 Å². The van der Waals surface area contributed by atoms with Gasteiger partial charge in [0, 0.05) is 5.69 Å². The van der Waals surface area contributed by atoms with Crippen molar-refractivity contribution in [2.45, 2.75) is 19.4 Å². The summed E-state index contributed by atoms with van der Waals surface area (Å²) in [7, 11) is 0. The quantitative estimate of drug-likeness (QED) is 0.820. The lowest BCUT2D eigenvalue weighted by Crippen LogP contribution is -2.34. The Morgan fingerprint density at radius 2 is 2.39 bits per heavy atom. The fraction of sp³-hybridized carbons (Fsp3) is 0.250. The Kier molecular flexibility index (Phi) is 3.15. The van der Waals surface area contributed by atoms with Gasteiger partial charge in [0.05, 0.1) is 11.8 Å². The summed E-state index contributed by atoms with van der Waals surface area (Å²) in [4.78, 5) is 22.7. The lowest BCUT2D eigenvalue weighted by molar-refractivity contribution is -0.122. The molecule has 1 unspecified atom stereocenters. The van der Waals surface area contributed by atoms with Gasteiger partial charge in [0.1, 0.15) is 12.2 Å². The van der Waals surface area contributed by atoms with Gasteiger partial charge in [-0.15, -0.1) is 0 Å². The topological polar surface area (TPSA) is 91.2 Å². The zero-order valence-corrected chi connectivity index (χ0v) is 9.69. The first kappa shape index (κ1) is 11.9. The Bertz CT molecular complexity index is 548. The summed E-state index contributed by atoms with van der Waals surface area (Å²) in [6.45, 7) is 1.65. The van der Waals surface area contributed by atoms with Crippen molar-refractivity contribution < 1.29 is 14.3 Å². The predicted molar refractivity (Wildman–Crippen MR) is 64.0 cm³/mol. The zero-order valence-electron chi connectivity index (χ0n) is 9.69. The van der Waals surface area contributed by atoms with Gasteiger partial charge in [-0.2, -0.15) is 5.26 Å². The Labute approximate surface area is 104 Å². The predicted octanol–water partition coefficient (Wildman–Crippen LogP) is 1.26. The van der Waals surface area contributed by atoms with Crippen LogP contribution in [0.25, 0.3) is 0 Å². The van der Waals surface area contributed by atoms with E-state index in [1.165, 1.54) is 0 Å². The molecule has 1 aliphatic heterocycles. The van der Waals surface area contributed by atoms with Crippen LogP contribution in [0.4, 0.5) is 11.4 Å². The molecule has 6 nitrogen and oxygen atoms in total. The highest BCUT2D eigenvalue weighted by Gasteiger charge is 2.23. The molecule has 0 bridgehead atoms. The summed E-state index contributed by atoms with van der Waals surface area (Å²) < 4.78 is 5.37. The molecule has 0 radical (unpaired) electrons. The molecule has 0 spiro atoms. The summed E-state index contributed by atoms with van der Waals surface area (Å²) in [5.41, 5.74) is 1.01. The molecule has 2 amide bonds. The first-order valence-electron chi connectivity index (χ1n) is 5.38. The number of carbonyl (C=O) groups is 2. The second-order valence-electron chi connectivity index (χ2n) is 3.84. The van der Waals surface area contributed by atoms with E-state index < -0.39 is 12.0 Å². The summed E-state index contributed by atoms with van der Waals surface area (Å²) in [6, 6.07) is 6.66. The van der Waals surface area contributed by atoms with E-state index in [0.29, 0.717) is 17.1 Å². The minimum absolute atomic E-state index is 0.211. The van der Waals surface area contributed by atoms with Gasteiger partial charge >= 0.3 is 0 Å². The van der Waals surface area contributed by atoms with Crippen molar-refractivity contribution in [2.24, 2.45) is 0 Å². The molecule has 1 aliphatic rings. The molecule has 1 heterocycles. The van der Waals surface area contributed by atoms with Gasteiger partial charge in [-0.1, -0.05) is 0 Å². The fourth-order valence-electron chi connectivity index (χ4n) is 1.56. The van der Waals surface area contributed by atoms with Gasteiger partial charge in [0.15, 0.2) is 6.10 Å². The number of rotatable bonds is 2. The number of anilines is 2. The molecular formula is C12H11N3O3. The van der Waals surface area contributed by atoms with Gasteiger partial charge in [-0.05, 0) is 25.1 Å². The minimum Gasteiger partial charge on any atom is -0.479 e. The Balaban J connectivity index is 2.18. The van der Waals surface area contributed by atoms with E-state index in [0.717, 1.165) is 0 Å². The molecule has 6 heteroatoms. The minimum atomic E-state index is -0.531. The highest BCUT2D eigenvalue weighted by atomic mass is 16.5. The summed E-state index contributed by atoms with van der Waals surface area (Å²) in [5, 5.41) is 13.6. The molecule has 0 saturated heterocycles. The number of hydrogen-bond donors (Lipinski definition) is 2. The number of hydrogen-bond acceptors (Lipinski definition) is 4. The molecule has 0 aliphatic carbocycles. The number of ether oxygens (including phenoxy) is 1. The van der Waals surface area contributed by atoms with Crippen LogP contribution in [0.15, 0.2) is 18.2 Å². The molecule has 18 heavy (non-hydrogen) atoms. The van der Waals surface area contributed by atoms with E-state index >= 15 is 0 Å². The SMILES string of the molecule is CC1Oc2ccc(NC(=O)CC#N)cc2NC1=O. The van der Waals surface area contributed by atoms with Crippen molar-refractivity contribution in [1.29, 1.82) is 5.26 Å². The Morgan fingerprint density at radius 1 is 1.61 bits per heavy atom. The number of nitrogens with zero attached hydrogens (tertiary/aromatic N) is 1. The molecule has 1 aromatic rings. The van der Waals surface area contributed by atoms with Crippen molar-refractivity contribution >= 4 is 23.2 Å². The first-order chi connectivity index (χ1) is 8.60. The number of amides is 2. The lowest BCUT2D eigenvalue weighted by Gasteiger charge is -2.23. The van der Waals surface area contributed by atoms with E-state index in [1.54, 1.807) is 31.2 Å². The first-order valence-corrected chi connectivity index (χ1v) is 5.38. The maximum Gasteiger partial charge on any atom is 0.265 e. The number of carbonyl (C=O) groups excluding carboxylic acids is 2. The Hall–Kier alpha value is -2.55. The standard InChI is InChI=1S/C12H11N3O3/c1-7-12(17)15-9-6-8(2-3-10(9)18-7)14-11(16)4-5-13/h2-3,6-7H,4H2,1H3,(H,14,16)(H,15,17). The molecule has 1 atom stereocenters. The third-order valence-corrected chi connectivity index (χ3v) is 2.43. The van der Waals surface area contributed by atoms with Crippen LogP contribution in [0.2, 0.25) is 0 Å². The number of benzene rings is 1. The summed E-state index contributed by atoms with van der Waals surface area (Å²) in [6.07, 6.45) is -0.742. The van der Waals surface area contributed by atoms with E-state index in [4.69, 9.17) is 10.00 Å². The van der Waals surface area contributed by atoms with Crippen molar-refractivity contribution in [3.8, 4) is 11.8 Å². The third-order valence-electron chi connectivity index (χ3n) is 2.43. The maximum absolute atomic E-state index is 11.4. The van der Waals surface area contributed by atoms with Crippen LogP contribution < -0.4 is 15.4 Å². The maximum atomic E-state index is 11.4. The number of nitriles is 1. The smallest absolute Gasteiger partial charge is 0.265 e. The zero-order chi connectivity index (χ0) is 13.1. The van der Waals surface area contributed by atoms with Gasteiger partial charge in [-0.25, -0.2) is 0 Å². The van der Waals surface area contributed by atoms with E-state index in [1.807, 2.05) is 0 Å². The normalized spacial score (nSPS) is 16.9. The van der Waals surface area contributed by atoms with E-state index in [-0.39, 0.29) is 12.3 Å². The molecule has 2 rings (SSSR count). The van der Waals surface area contributed by atoms with Gasteiger partial charge < -0.3 is 15.4 Å². The van der Waals surface area contributed by atoms with Crippen LogP contribution in [0, 0.1) is 11.3 Å². The largest absolute Gasteiger partial charge is 0.479 e. The van der Waals surface area contributed by atoms with Crippen LogP contribution in [-0.4, -0.2) is 17.9 Å². The van der Waals surface area contributed by atoms with Gasteiger partial charge in [0.25, 0.3) is 5.91 Å². The highest BCUT2D eigenvalue weighted by Crippen LogP contribution is 2.32. The summed E-state index contributed by atoms with van der Waals surface area (Å²) in [5.74, 6) is -0.0720. The van der Waals surface area contributed by atoms with E-state index in [9.17, 15) is 9.59 Å². The lowest BCUT2D eigenvalue weighted by atomic mass is 10.2. The van der Waals surface area contributed by atoms with E-state index in [2.05, 4.69) is 10.6 Å². The second kappa shape index (κ2) is 4.75. The monoisotopic (exact) mass is 245 g/mol. The molecule has 2 N–H and O–H groups in total. The second-order valence-corrected chi connectivity index (χ2v) is 3.84. The third kappa shape index (κ3) is 2.40. The number of nitrogens with one attached hydrogen (secondary N) is 2. The fourth-order valence-corrected chi connectivity index (χ4v) is 1.56. The molecule has 0 fully saturated rings.